The van der Waals surface area contributed by atoms with Crippen LogP contribution in [0.1, 0.15) is 32.8 Å². The van der Waals surface area contributed by atoms with Gasteiger partial charge in [0.05, 0.1) is 26.4 Å². The molecule has 9 heteroatoms. The van der Waals surface area contributed by atoms with Gasteiger partial charge in [0.15, 0.2) is 6.29 Å². The molecular weight excluding hydrogens is 404 g/mol. The van der Waals surface area contributed by atoms with Crippen molar-refractivity contribution < 1.29 is 33.3 Å². The molecule has 0 radical (unpaired) electrons. The van der Waals surface area contributed by atoms with Gasteiger partial charge in [-0.1, -0.05) is 30.3 Å². The molecule has 2 fully saturated rings. The van der Waals surface area contributed by atoms with Crippen LogP contribution in [0.15, 0.2) is 30.3 Å². The Bertz CT molecular complexity index is 727. The first-order valence-electron chi connectivity index (χ1n) is 10.5. The van der Waals surface area contributed by atoms with Gasteiger partial charge in [-0.3, -0.25) is 0 Å². The number of benzene rings is 1. The van der Waals surface area contributed by atoms with E-state index in [9.17, 15) is 9.59 Å². The first-order chi connectivity index (χ1) is 14.7. The van der Waals surface area contributed by atoms with Crippen LogP contribution in [0.3, 0.4) is 0 Å². The molecule has 1 aromatic carbocycles. The summed E-state index contributed by atoms with van der Waals surface area (Å²) in [6.07, 6.45) is -0.831. The molecule has 172 valence electrons. The van der Waals surface area contributed by atoms with E-state index in [-0.39, 0.29) is 12.7 Å². The van der Waals surface area contributed by atoms with Crippen molar-refractivity contribution in [2.75, 3.05) is 39.5 Å². The van der Waals surface area contributed by atoms with Crippen molar-refractivity contribution in [3.8, 4) is 0 Å². The Morgan fingerprint density at radius 2 is 1.90 bits per heavy atom. The van der Waals surface area contributed by atoms with E-state index in [0.29, 0.717) is 45.9 Å². The van der Waals surface area contributed by atoms with Crippen LogP contribution in [0.5, 0.6) is 0 Å². The molecule has 0 aromatic heterocycles. The van der Waals surface area contributed by atoms with Gasteiger partial charge in [0.2, 0.25) is 0 Å². The van der Waals surface area contributed by atoms with Crippen LogP contribution in [-0.4, -0.2) is 74.0 Å². The zero-order valence-electron chi connectivity index (χ0n) is 18.4. The van der Waals surface area contributed by atoms with Crippen LogP contribution in [0.2, 0.25) is 0 Å². The zero-order valence-corrected chi connectivity index (χ0v) is 18.4. The highest BCUT2D eigenvalue weighted by Crippen LogP contribution is 2.26. The van der Waals surface area contributed by atoms with Gasteiger partial charge in [0.25, 0.3) is 0 Å². The summed E-state index contributed by atoms with van der Waals surface area (Å²) in [5.74, 6) is 0. The van der Waals surface area contributed by atoms with E-state index in [1.807, 2.05) is 51.1 Å². The van der Waals surface area contributed by atoms with E-state index in [1.165, 1.54) is 0 Å². The molecule has 1 aromatic rings. The Labute approximate surface area is 182 Å². The van der Waals surface area contributed by atoms with Crippen LogP contribution < -0.4 is 5.32 Å². The molecular formula is C22H32N2O7. The minimum atomic E-state index is -0.701. The van der Waals surface area contributed by atoms with E-state index >= 15 is 0 Å². The minimum absolute atomic E-state index is 0.219. The van der Waals surface area contributed by atoms with Gasteiger partial charge in [-0.2, -0.15) is 0 Å². The number of carbonyl (C=O) groups excluding carboxylic acids is 2. The van der Waals surface area contributed by atoms with Crippen molar-refractivity contribution >= 4 is 12.2 Å². The number of hydrogen-bond acceptors (Lipinski definition) is 7. The van der Waals surface area contributed by atoms with Gasteiger partial charge >= 0.3 is 12.2 Å². The van der Waals surface area contributed by atoms with Crippen LogP contribution in [0, 0.1) is 0 Å². The molecule has 0 atom stereocenters. The minimum Gasteiger partial charge on any atom is -0.445 e. The van der Waals surface area contributed by atoms with Gasteiger partial charge < -0.3 is 33.9 Å². The van der Waals surface area contributed by atoms with Crippen molar-refractivity contribution in [1.29, 1.82) is 0 Å². The van der Waals surface area contributed by atoms with Crippen molar-refractivity contribution in [3.05, 3.63) is 35.9 Å². The third-order valence-corrected chi connectivity index (χ3v) is 4.83. The van der Waals surface area contributed by atoms with Crippen molar-refractivity contribution in [3.63, 3.8) is 0 Å². The van der Waals surface area contributed by atoms with Crippen molar-refractivity contribution in [2.45, 2.75) is 51.3 Å². The molecule has 2 aliphatic heterocycles. The maximum atomic E-state index is 12.4. The highest BCUT2D eigenvalue weighted by molar-refractivity contribution is 5.68. The average Bonchev–Trinajstić information content (AvgIpc) is 2.73. The lowest BCUT2D eigenvalue weighted by atomic mass is 10.0. The molecule has 0 bridgehead atoms. The Morgan fingerprint density at radius 1 is 1.19 bits per heavy atom. The molecule has 2 amide bonds. The third-order valence-electron chi connectivity index (χ3n) is 4.83. The van der Waals surface area contributed by atoms with Crippen LogP contribution >= 0.6 is 0 Å². The Balaban J connectivity index is 1.35. The maximum Gasteiger partial charge on any atom is 0.410 e. The molecule has 0 aliphatic carbocycles. The molecule has 3 rings (SSSR count). The van der Waals surface area contributed by atoms with E-state index in [1.54, 1.807) is 4.90 Å². The van der Waals surface area contributed by atoms with E-state index < -0.39 is 23.6 Å². The highest BCUT2D eigenvalue weighted by atomic mass is 16.7. The molecule has 9 nitrogen and oxygen atoms in total. The topological polar surface area (TPSA) is 95.6 Å². The number of alkyl carbamates (subject to hydrolysis) is 1. The number of rotatable bonds is 5. The SMILES string of the molecule is CC(C)(C)OC(=O)N1CCOC2(COC(CCNC(=O)OCc3ccccc3)OC2)C1. The molecule has 31 heavy (non-hydrogen) atoms. The lowest BCUT2D eigenvalue weighted by molar-refractivity contribution is -0.278. The van der Waals surface area contributed by atoms with Crippen molar-refractivity contribution in [1.82, 2.24) is 10.2 Å². The number of hydrogen-bond donors (Lipinski definition) is 1. The van der Waals surface area contributed by atoms with Crippen LogP contribution in [0.4, 0.5) is 9.59 Å². The fourth-order valence-corrected chi connectivity index (χ4v) is 3.31. The lowest BCUT2D eigenvalue weighted by Crippen LogP contribution is -2.61. The second kappa shape index (κ2) is 10.3. The Morgan fingerprint density at radius 3 is 2.58 bits per heavy atom. The van der Waals surface area contributed by atoms with Crippen LogP contribution in [0.25, 0.3) is 0 Å². The Kier molecular flexibility index (Phi) is 7.74. The lowest BCUT2D eigenvalue weighted by Gasteiger charge is -2.45. The van der Waals surface area contributed by atoms with E-state index in [4.69, 9.17) is 23.7 Å². The first kappa shape index (κ1) is 23.3. The number of nitrogens with zero attached hydrogens (tertiary/aromatic N) is 1. The normalized spacial score (nSPS) is 24.0. The van der Waals surface area contributed by atoms with Gasteiger partial charge in [0.1, 0.15) is 17.8 Å². The summed E-state index contributed by atoms with van der Waals surface area (Å²) in [4.78, 5) is 25.8. The predicted octanol–water partition coefficient (Wildman–Crippen LogP) is 2.68. The largest absolute Gasteiger partial charge is 0.445 e. The third kappa shape index (κ3) is 7.37. The maximum absolute atomic E-state index is 12.4. The molecule has 2 heterocycles. The Hall–Kier alpha value is -2.36. The monoisotopic (exact) mass is 436 g/mol. The van der Waals surface area contributed by atoms with E-state index in [2.05, 4.69) is 5.32 Å². The summed E-state index contributed by atoms with van der Waals surface area (Å²) >= 11 is 0. The number of carbonyl (C=O) groups is 2. The zero-order chi connectivity index (χ0) is 22.3. The van der Waals surface area contributed by atoms with Crippen molar-refractivity contribution in [2.24, 2.45) is 0 Å². The standard InChI is InChI=1S/C22H32N2O7/c1-21(2,3)31-20(26)24-11-12-30-22(14-24)15-28-18(29-16-22)9-10-23-19(25)27-13-17-7-5-4-6-8-17/h4-8,18H,9-16H2,1-3H3,(H,23,25). The second-order valence-electron chi connectivity index (χ2n) is 8.76. The molecule has 1 N–H and O–H groups in total. The van der Waals surface area contributed by atoms with E-state index in [0.717, 1.165) is 5.56 Å². The smallest absolute Gasteiger partial charge is 0.410 e. The average molecular weight is 437 g/mol. The summed E-state index contributed by atoms with van der Waals surface area (Å²) in [5.41, 5.74) is -0.328. The second-order valence-corrected chi connectivity index (χ2v) is 8.76. The van der Waals surface area contributed by atoms with Crippen LogP contribution in [-0.2, 0) is 30.3 Å². The molecule has 2 saturated heterocycles. The summed E-state index contributed by atoms with van der Waals surface area (Å²) in [6, 6.07) is 9.48. The molecule has 0 unspecified atom stereocenters. The fourth-order valence-electron chi connectivity index (χ4n) is 3.31. The number of ether oxygens (including phenoxy) is 5. The number of nitrogens with one attached hydrogen (secondary N) is 1. The molecule has 2 aliphatic rings. The van der Waals surface area contributed by atoms with Gasteiger partial charge in [0, 0.05) is 19.5 Å². The highest BCUT2D eigenvalue weighted by Gasteiger charge is 2.43. The summed E-state index contributed by atoms with van der Waals surface area (Å²) in [6.45, 7) is 7.90. The summed E-state index contributed by atoms with van der Waals surface area (Å²) in [7, 11) is 0. The summed E-state index contributed by atoms with van der Waals surface area (Å²) in [5, 5.41) is 2.69. The quantitative estimate of drug-likeness (QED) is 0.758. The van der Waals surface area contributed by atoms with Gasteiger partial charge in [-0.15, -0.1) is 0 Å². The van der Waals surface area contributed by atoms with Gasteiger partial charge in [-0.25, -0.2) is 9.59 Å². The fraction of sp³-hybridized carbons (Fsp3) is 0.636. The molecule has 0 saturated carbocycles. The number of morpholine rings is 1. The van der Waals surface area contributed by atoms with Gasteiger partial charge in [-0.05, 0) is 26.3 Å². The first-order valence-corrected chi connectivity index (χ1v) is 10.5. The predicted molar refractivity (Wildman–Crippen MR) is 111 cm³/mol. The summed E-state index contributed by atoms with van der Waals surface area (Å²) < 4.78 is 28.1. The molecule has 1 spiro atoms. The number of amides is 2.